The fourth-order valence-corrected chi connectivity index (χ4v) is 3.09. The molecule has 0 unspecified atom stereocenters. The molecule has 6 heteroatoms. The number of aromatic nitrogens is 4. The molecular formula is C20H23N5O. The van der Waals surface area contributed by atoms with Crippen LogP contribution in [0.25, 0.3) is 11.4 Å². The van der Waals surface area contributed by atoms with E-state index in [1.165, 1.54) is 5.56 Å². The first kappa shape index (κ1) is 16.8. The lowest BCUT2D eigenvalue weighted by molar-refractivity contribution is 0.208. The monoisotopic (exact) mass is 349 g/mol. The van der Waals surface area contributed by atoms with Crippen molar-refractivity contribution in [1.29, 1.82) is 0 Å². The summed E-state index contributed by atoms with van der Waals surface area (Å²) in [6, 6.07) is 9.88. The minimum atomic E-state index is -0.0240. The molecule has 134 valence electrons. The second kappa shape index (κ2) is 6.61. The van der Waals surface area contributed by atoms with Gasteiger partial charge in [-0.25, -0.2) is 9.97 Å². The molecule has 6 nitrogen and oxygen atoms in total. The Balaban J connectivity index is 1.46. The van der Waals surface area contributed by atoms with Gasteiger partial charge >= 0.3 is 0 Å². The fraction of sp³-hybridized carbons (Fsp3) is 0.400. The van der Waals surface area contributed by atoms with Gasteiger partial charge in [0.25, 0.3) is 0 Å². The van der Waals surface area contributed by atoms with Crippen LogP contribution in [0, 0.1) is 0 Å². The Bertz CT molecular complexity index is 898. The predicted molar refractivity (Wildman–Crippen MR) is 98.3 cm³/mol. The smallest absolute Gasteiger partial charge is 0.241 e. The minimum absolute atomic E-state index is 0.0240. The second-order valence-corrected chi connectivity index (χ2v) is 7.75. The van der Waals surface area contributed by atoms with E-state index < -0.39 is 0 Å². The standard InChI is InChI=1S/C20H23N5O/c1-20(2,3)19-21-11-15-12-25(10-9-16(15)22-19)13-17-23-18(24-26-17)14-7-5-4-6-8-14/h4-8,11H,9-10,12-13H2,1-3H3. The highest BCUT2D eigenvalue weighted by atomic mass is 16.5. The van der Waals surface area contributed by atoms with Crippen LogP contribution >= 0.6 is 0 Å². The van der Waals surface area contributed by atoms with Gasteiger partial charge in [0.05, 0.1) is 6.54 Å². The van der Waals surface area contributed by atoms with Gasteiger partial charge < -0.3 is 4.52 Å². The van der Waals surface area contributed by atoms with Crippen molar-refractivity contribution in [3.63, 3.8) is 0 Å². The quantitative estimate of drug-likeness (QED) is 0.722. The van der Waals surface area contributed by atoms with Gasteiger partial charge in [-0.15, -0.1) is 0 Å². The molecule has 1 aliphatic heterocycles. The van der Waals surface area contributed by atoms with Crippen LogP contribution in [0.4, 0.5) is 0 Å². The molecule has 0 saturated heterocycles. The second-order valence-electron chi connectivity index (χ2n) is 7.75. The van der Waals surface area contributed by atoms with Crippen LogP contribution in [-0.4, -0.2) is 31.6 Å². The molecule has 0 saturated carbocycles. The van der Waals surface area contributed by atoms with Crippen LogP contribution in [0.2, 0.25) is 0 Å². The first-order valence-electron chi connectivity index (χ1n) is 8.95. The zero-order valence-electron chi connectivity index (χ0n) is 15.4. The topological polar surface area (TPSA) is 67.9 Å². The Morgan fingerprint density at radius 3 is 2.69 bits per heavy atom. The lowest BCUT2D eigenvalue weighted by Gasteiger charge is -2.27. The van der Waals surface area contributed by atoms with Crippen molar-refractivity contribution in [2.24, 2.45) is 0 Å². The largest absolute Gasteiger partial charge is 0.338 e. The van der Waals surface area contributed by atoms with Crippen LogP contribution in [0.1, 0.15) is 43.7 Å². The zero-order chi connectivity index (χ0) is 18.1. The normalized spacial score (nSPS) is 15.0. The summed E-state index contributed by atoms with van der Waals surface area (Å²) in [6.45, 7) is 8.80. The predicted octanol–water partition coefficient (Wildman–Crippen LogP) is 3.38. The van der Waals surface area contributed by atoms with E-state index >= 15 is 0 Å². The average Bonchev–Trinajstić information content (AvgIpc) is 3.10. The molecule has 0 N–H and O–H groups in total. The maximum Gasteiger partial charge on any atom is 0.241 e. The summed E-state index contributed by atoms with van der Waals surface area (Å²) in [6.07, 6.45) is 2.89. The maximum atomic E-state index is 5.44. The molecular weight excluding hydrogens is 326 g/mol. The molecule has 0 radical (unpaired) electrons. The molecule has 0 atom stereocenters. The molecule has 0 aliphatic carbocycles. The summed E-state index contributed by atoms with van der Waals surface area (Å²) in [5.41, 5.74) is 3.29. The van der Waals surface area contributed by atoms with E-state index in [1.807, 2.05) is 36.5 Å². The van der Waals surface area contributed by atoms with E-state index in [4.69, 9.17) is 9.51 Å². The number of hydrogen-bond acceptors (Lipinski definition) is 6. The van der Waals surface area contributed by atoms with Crippen LogP contribution < -0.4 is 0 Å². The van der Waals surface area contributed by atoms with Crippen LogP contribution in [-0.2, 0) is 24.9 Å². The molecule has 3 aromatic rings. The first-order valence-corrected chi connectivity index (χ1v) is 8.95. The van der Waals surface area contributed by atoms with Gasteiger partial charge in [0.1, 0.15) is 5.82 Å². The Labute approximate surface area is 153 Å². The van der Waals surface area contributed by atoms with Crippen LogP contribution in [0.5, 0.6) is 0 Å². The average molecular weight is 349 g/mol. The highest BCUT2D eigenvalue weighted by molar-refractivity contribution is 5.53. The number of benzene rings is 1. The van der Waals surface area contributed by atoms with Gasteiger partial charge in [0.2, 0.25) is 11.7 Å². The zero-order valence-corrected chi connectivity index (χ0v) is 15.4. The van der Waals surface area contributed by atoms with Gasteiger partial charge in [0.15, 0.2) is 0 Å². The summed E-state index contributed by atoms with van der Waals surface area (Å²) in [4.78, 5) is 16.2. The van der Waals surface area contributed by atoms with Crippen molar-refractivity contribution in [1.82, 2.24) is 25.0 Å². The maximum absolute atomic E-state index is 5.44. The van der Waals surface area contributed by atoms with E-state index in [9.17, 15) is 0 Å². The number of rotatable bonds is 3. The number of hydrogen-bond donors (Lipinski definition) is 0. The Hall–Kier alpha value is -2.60. The number of nitrogens with zero attached hydrogens (tertiary/aromatic N) is 5. The molecule has 1 aliphatic rings. The van der Waals surface area contributed by atoms with Crippen molar-refractivity contribution in [3.05, 3.63) is 59.5 Å². The van der Waals surface area contributed by atoms with Crippen molar-refractivity contribution < 1.29 is 4.52 Å². The third kappa shape index (κ3) is 3.51. The fourth-order valence-electron chi connectivity index (χ4n) is 3.09. The van der Waals surface area contributed by atoms with E-state index in [0.717, 1.165) is 36.6 Å². The summed E-state index contributed by atoms with van der Waals surface area (Å²) in [5, 5.41) is 4.10. The summed E-state index contributed by atoms with van der Waals surface area (Å²) >= 11 is 0. The lowest BCUT2D eigenvalue weighted by atomic mass is 9.95. The first-order chi connectivity index (χ1) is 12.5. The summed E-state index contributed by atoms with van der Waals surface area (Å²) < 4.78 is 5.44. The third-order valence-corrected chi connectivity index (χ3v) is 4.54. The Morgan fingerprint density at radius 2 is 1.92 bits per heavy atom. The Kier molecular flexibility index (Phi) is 4.28. The SMILES string of the molecule is CC(C)(C)c1ncc2c(n1)CCN(Cc1nc(-c3ccccc3)no1)C2. The van der Waals surface area contributed by atoms with Crippen molar-refractivity contribution in [2.75, 3.05) is 6.54 Å². The Morgan fingerprint density at radius 1 is 1.12 bits per heavy atom. The van der Waals surface area contributed by atoms with Crippen molar-refractivity contribution in [3.8, 4) is 11.4 Å². The van der Waals surface area contributed by atoms with Crippen molar-refractivity contribution in [2.45, 2.75) is 45.7 Å². The molecule has 26 heavy (non-hydrogen) atoms. The van der Waals surface area contributed by atoms with Gasteiger partial charge in [0, 0.05) is 47.9 Å². The minimum Gasteiger partial charge on any atom is -0.338 e. The van der Waals surface area contributed by atoms with E-state index in [0.29, 0.717) is 18.3 Å². The van der Waals surface area contributed by atoms with Gasteiger partial charge in [-0.1, -0.05) is 56.3 Å². The molecule has 2 aromatic heterocycles. The van der Waals surface area contributed by atoms with Crippen molar-refractivity contribution >= 4 is 0 Å². The molecule has 1 aromatic carbocycles. The van der Waals surface area contributed by atoms with Crippen LogP contribution in [0.3, 0.4) is 0 Å². The van der Waals surface area contributed by atoms with Gasteiger partial charge in [-0.3, -0.25) is 4.90 Å². The lowest BCUT2D eigenvalue weighted by Crippen LogP contribution is -2.32. The number of fused-ring (bicyclic) bond motifs is 1. The molecule has 0 bridgehead atoms. The molecule has 0 spiro atoms. The molecule has 3 heterocycles. The van der Waals surface area contributed by atoms with Gasteiger partial charge in [-0.2, -0.15) is 4.98 Å². The van der Waals surface area contributed by atoms with E-state index in [2.05, 4.69) is 40.8 Å². The summed E-state index contributed by atoms with van der Waals surface area (Å²) in [5.74, 6) is 2.18. The van der Waals surface area contributed by atoms with Gasteiger partial charge in [-0.05, 0) is 0 Å². The van der Waals surface area contributed by atoms with E-state index in [1.54, 1.807) is 0 Å². The highest BCUT2D eigenvalue weighted by Crippen LogP contribution is 2.23. The molecule has 4 rings (SSSR count). The highest BCUT2D eigenvalue weighted by Gasteiger charge is 2.24. The molecule has 0 fully saturated rings. The summed E-state index contributed by atoms with van der Waals surface area (Å²) in [7, 11) is 0. The third-order valence-electron chi connectivity index (χ3n) is 4.54. The molecule has 0 amide bonds. The van der Waals surface area contributed by atoms with E-state index in [-0.39, 0.29) is 5.41 Å². The van der Waals surface area contributed by atoms with Crippen LogP contribution in [0.15, 0.2) is 41.1 Å².